The SMILES string of the molecule is C=CCNC(C(=O)O)c1cccc2c1OC(C)(C)C2. The number of fused-ring (bicyclic) bond motifs is 1. The van der Waals surface area contributed by atoms with E-state index in [1.807, 2.05) is 26.0 Å². The summed E-state index contributed by atoms with van der Waals surface area (Å²) in [4.78, 5) is 11.4. The largest absolute Gasteiger partial charge is 0.487 e. The van der Waals surface area contributed by atoms with Crippen molar-refractivity contribution >= 4 is 5.97 Å². The zero-order chi connectivity index (χ0) is 14.0. The van der Waals surface area contributed by atoms with Crippen LogP contribution < -0.4 is 10.1 Å². The molecule has 1 aliphatic rings. The maximum atomic E-state index is 11.4. The van der Waals surface area contributed by atoms with Gasteiger partial charge in [-0.1, -0.05) is 24.3 Å². The van der Waals surface area contributed by atoms with Crippen molar-refractivity contribution < 1.29 is 14.6 Å². The quantitative estimate of drug-likeness (QED) is 0.798. The summed E-state index contributed by atoms with van der Waals surface area (Å²) in [5.74, 6) is -0.208. The van der Waals surface area contributed by atoms with E-state index in [4.69, 9.17) is 4.74 Å². The Labute approximate surface area is 113 Å². The minimum Gasteiger partial charge on any atom is -0.487 e. The highest BCUT2D eigenvalue weighted by molar-refractivity contribution is 5.77. The summed E-state index contributed by atoms with van der Waals surface area (Å²) in [5, 5.41) is 12.3. The first-order chi connectivity index (χ1) is 8.94. The first-order valence-electron chi connectivity index (χ1n) is 6.32. The number of hydrogen-bond donors (Lipinski definition) is 2. The molecule has 1 aliphatic heterocycles. The van der Waals surface area contributed by atoms with Crippen LogP contribution in [0.25, 0.3) is 0 Å². The molecule has 19 heavy (non-hydrogen) atoms. The molecule has 0 fully saturated rings. The Morgan fingerprint density at radius 2 is 2.37 bits per heavy atom. The predicted molar refractivity (Wildman–Crippen MR) is 73.4 cm³/mol. The first kappa shape index (κ1) is 13.6. The molecule has 0 saturated heterocycles. The standard InChI is InChI=1S/C15H19NO3/c1-4-8-16-12(14(17)18)11-7-5-6-10-9-15(2,3)19-13(10)11/h4-7,12,16H,1,8-9H2,2-3H3,(H,17,18). The molecule has 4 heteroatoms. The summed E-state index contributed by atoms with van der Waals surface area (Å²) in [7, 11) is 0. The van der Waals surface area contributed by atoms with Crippen molar-refractivity contribution in [1.82, 2.24) is 5.32 Å². The average molecular weight is 261 g/mol. The second kappa shape index (κ2) is 5.05. The Morgan fingerprint density at radius 1 is 1.63 bits per heavy atom. The fraction of sp³-hybridized carbons (Fsp3) is 0.400. The molecular formula is C15H19NO3. The Kier molecular flexibility index (Phi) is 3.62. The van der Waals surface area contributed by atoms with Crippen molar-refractivity contribution in [1.29, 1.82) is 0 Å². The minimum absolute atomic E-state index is 0.278. The third-order valence-corrected chi connectivity index (χ3v) is 3.15. The van der Waals surface area contributed by atoms with Gasteiger partial charge < -0.3 is 9.84 Å². The molecule has 1 aromatic rings. The van der Waals surface area contributed by atoms with Gasteiger partial charge >= 0.3 is 5.97 Å². The van der Waals surface area contributed by atoms with Crippen LogP contribution >= 0.6 is 0 Å². The predicted octanol–water partition coefficient (Wildman–Crippen LogP) is 2.30. The number of carbonyl (C=O) groups is 1. The molecule has 0 aromatic heterocycles. The number of para-hydroxylation sites is 1. The molecule has 2 rings (SSSR count). The topological polar surface area (TPSA) is 58.6 Å². The molecule has 1 aromatic carbocycles. The van der Waals surface area contributed by atoms with E-state index in [0.29, 0.717) is 17.9 Å². The summed E-state index contributed by atoms with van der Waals surface area (Å²) >= 11 is 0. The average Bonchev–Trinajstić information content (AvgIpc) is 2.63. The number of benzene rings is 1. The number of aliphatic carboxylic acids is 1. The highest BCUT2D eigenvalue weighted by Crippen LogP contribution is 2.39. The van der Waals surface area contributed by atoms with Crippen LogP contribution in [0.3, 0.4) is 0 Å². The number of carboxylic acid groups (broad SMARTS) is 1. The van der Waals surface area contributed by atoms with Crippen molar-refractivity contribution in [2.24, 2.45) is 0 Å². The normalized spacial score (nSPS) is 17.4. The van der Waals surface area contributed by atoms with Crippen molar-refractivity contribution in [3.63, 3.8) is 0 Å². The number of ether oxygens (including phenoxy) is 1. The molecule has 0 bridgehead atoms. The first-order valence-corrected chi connectivity index (χ1v) is 6.32. The summed E-state index contributed by atoms with van der Waals surface area (Å²) < 4.78 is 5.91. The van der Waals surface area contributed by atoms with Crippen molar-refractivity contribution in [3.05, 3.63) is 42.0 Å². The van der Waals surface area contributed by atoms with Gasteiger partial charge in [0.25, 0.3) is 0 Å². The number of carboxylic acids is 1. The van der Waals surface area contributed by atoms with Crippen LogP contribution in [-0.2, 0) is 11.2 Å². The highest BCUT2D eigenvalue weighted by Gasteiger charge is 2.34. The molecule has 4 nitrogen and oxygen atoms in total. The van der Waals surface area contributed by atoms with Crippen LogP contribution in [0.2, 0.25) is 0 Å². The number of hydrogen-bond acceptors (Lipinski definition) is 3. The molecule has 0 saturated carbocycles. The fourth-order valence-electron chi connectivity index (χ4n) is 2.40. The van der Waals surface area contributed by atoms with Gasteiger partial charge in [-0.05, 0) is 19.4 Å². The minimum atomic E-state index is -0.913. The third kappa shape index (κ3) is 2.79. The lowest BCUT2D eigenvalue weighted by atomic mass is 9.98. The molecule has 0 spiro atoms. The molecule has 0 aliphatic carbocycles. The summed E-state index contributed by atoms with van der Waals surface area (Å²) in [5.41, 5.74) is 1.46. The second-order valence-corrected chi connectivity index (χ2v) is 5.34. The van der Waals surface area contributed by atoms with Gasteiger partial charge in [-0.25, -0.2) is 0 Å². The second-order valence-electron chi connectivity index (χ2n) is 5.34. The molecule has 1 atom stereocenters. The summed E-state index contributed by atoms with van der Waals surface area (Å²) in [6, 6.07) is 4.89. The van der Waals surface area contributed by atoms with Gasteiger partial charge in [0.2, 0.25) is 0 Å². The van der Waals surface area contributed by atoms with Crippen LogP contribution in [-0.4, -0.2) is 23.2 Å². The van der Waals surface area contributed by atoms with E-state index >= 15 is 0 Å². The Balaban J connectivity index is 2.37. The van der Waals surface area contributed by atoms with Gasteiger partial charge in [0.1, 0.15) is 17.4 Å². The van der Waals surface area contributed by atoms with E-state index in [1.165, 1.54) is 0 Å². The third-order valence-electron chi connectivity index (χ3n) is 3.15. The van der Waals surface area contributed by atoms with Gasteiger partial charge in [-0.3, -0.25) is 10.1 Å². The molecule has 1 heterocycles. The van der Waals surface area contributed by atoms with E-state index < -0.39 is 12.0 Å². The molecule has 1 unspecified atom stereocenters. The zero-order valence-electron chi connectivity index (χ0n) is 11.3. The van der Waals surface area contributed by atoms with Gasteiger partial charge in [0.05, 0.1) is 0 Å². The molecule has 2 N–H and O–H groups in total. The smallest absolute Gasteiger partial charge is 0.325 e. The monoisotopic (exact) mass is 261 g/mol. The Bertz CT molecular complexity index is 508. The lowest BCUT2D eigenvalue weighted by molar-refractivity contribution is -0.139. The molecule has 0 radical (unpaired) electrons. The van der Waals surface area contributed by atoms with E-state index in [9.17, 15) is 9.90 Å². The molecular weight excluding hydrogens is 242 g/mol. The fourth-order valence-corrected chi connectivity index (χ4v) is 2.40. The Morgan fingerprint density at radius 3 is 3.00 bits per heavy atom. The van der Waals surface area contributed by atoms with Crippen LogP contribution in [0, 0.1) is 0 Å². The number of nitrogens with one attached hydrogen (secondary N) is 1. The lowest BCUT2D eigenvalue weighted by Crippen LogP contribution is -2.29. The Hall–Kier alpha value is -1.81. The van der Waals surface area contributed by atoms with E-state index in [0.717, 1.165) is 12.0 Å². The zero-order valence-corrected chi connectivity index (χ0v) is 11.3. The maximum Gasteiger partial charge on any atom is 0.325 e. The number of rotatable bonds is 5. The highest BCUT2D eigenvalue weighted by atomic mass is 16.5. The lowest BCUT2D eigenvalue weighted by Gasteiger charge is -2.20. The van der Waals surface area contributed by atoms with Crippen molar-refractivity contribution in [2.45, 2.75) is 31.9 Å². The van der Waals surface area contributed by atoms with Crippen LogP contribution in [0.5, 0.6) is 5.75 Å². The van der Waals surface area contributed by atoms with Crippen LogP contribution in [0.1, 0.15) is 31.0 Å². The molecule has 102 valence electrons. The van der Waals surface area contributed by atoms with Crippen LogP contribution in [0.15, 0.2) is 30.9 Å². The maximum absolute atomic E-state index is 11.4. The van der Waals surface area contributed by atoms with Gasteiger partial charge in [-0.15, -0.1) is 6.58 Å². The van der Waals surface area contributed by atoms with E-state index in [2.05, 4.69) is 11.9 Å². The van der Waals surface area contributed by atoms with Gasteiger partial charge in [0.15, 0.2) is 0 Å². The van der Waals surface area contributed by atoms with E-state index in [1.54, 1.807) is 12.1 Å². The molecule has 0 amide bonds. The van der Waals surface area contributed by atoms with Gasteiger partial charge in [0, 0.05) is 18.5 Å². The van der Waals surface area contributed by atoms with Crippen LogP contribution in [0.4, 0.5) is 0 Å². The summed E-state index contributed by atoms with van der Waals surface area (Å²) in [6.45, 7) is 8.04. The van der Waals surface area contributed by atoms with Crippen molar-refractivity contribution in [2.75, 3.05) is 6.54 Å². The summed E-state index contributed by atoms with van der Waals surface area (Å²) in [6.07, 6.45) is 2.44. The van der Waals surface area contributed by atoms with E-state index in [-0.39, 0.29) is 5.60 Å². The van der Waals surface area contributed by atoms with Crippen molar-refractivity contribution in [3.8, 4) is 5.75 Å². The van der Waals surface area contributed by atoms with Gasteiger partial charge in [-0.2, -0.15) is 0 Å².